The number of imidazole rings is 1. The highest BCUT2D eigenvalue weighted by atomic mass is 28.3. The number of carbonyl (C=O) groups is 1. The summed E-state index contributed by atoms with van der Waals surface area (Å²) >= 11 is 0. The predicted molar refractivity (Wildman–Crippen MR) is 143 cm³/mol. The number of carbonyl (C=O) groups excluding carboxylic acids is 1. The SMILES string of the molecule is C[Si](C)(C)CCOCn1ccc2c1ncc1ncc(C3CCN(C(=O)OCc4ccccc4)CC3)n12. The first kappa shape index (κ1) is 24.5. The smallest absolute Gasteiger partial charge is 0.410 e. The number of benzene rings is 1. The Morgan fingerprint density at radius 3 is 2.58 bits per heavy atom. The molecule has 1 aromatic carbocycles. The lowest BCUT2D eigenvalue weighted by molar-refractivity contribution is 0.0868. The maximum atomic E-state index is 12.6. The van der Waals surface area contributed by atoms with E-state index in [2.05, 4.69) is 44.6 Å². The number of ether oxygens (including phenoxy) is 2. The summed E-state index contributed by atoms with van der Waals surface area (Å²) in [6, 6.07) is 13.0. The van der Waals surface area contributed by atoms with Crippen molar-refractivity contribution in [2.45, 2.75) is 57.8 Å². The van der Waals surface area contributed by atoms with E-state index in [0.29, 0.717) is 32.3 Å². The Balaban J connectivity index is 1.24. The Bertz CT molecular complexity index is 1320. The maximum absolute atomic E-state index is 12.6. The van der Waals surface area contributed by atoms with E-state index >= 15 is 0 Å². The Morgan fingerprint density at radius 2 is 1.83 bits per heavy atom. The van der Waals surface area contributed by atoms with Crippen LogP contribution in [-0.4, -0.2) is 57.7 Å². The second-order valence-corrected chi connectivity index (χ2v) is 16.4. The second-order valence-electron chi connectivity index (χ2n) is 10.8. The quantitative estimate of drug-likeness (QED) is 0.233. The predicted octanol–water partition coefficient (Wildman–Crippen LogP) is 5.51. The number of hydrogen-bond acceptors (Lipinski definition) is 5. The highest BCUT2D eigenvalue weighted by Gasteiger charge is 2.27. The molecule has 3 aromatic heterocycles. The van der Waals surface area contributed by atoms with Gasteiger partial charge in [0.05, 0.1) is 11.7 Å². The van der Waals surface area contributed by atoms with Gasteiger partial charge in [-0.25, -0.2) is 14.8 Å². The minimum absolute atomic E-state index is 0.242. The number of amides is 1. The van der Waals surface area contributed by atoms with Crippen LogP contribution in [0.4, 0.5) is 4.79 Å². The average Bonchev–Trinajstić information content (AvgIpc) is 3.49. The molecule has 0 N–H and O–H groups in total. The molecule has 0 radical (unpaired) electrons. The third kappa shape index (κ3) is 5.47. The van der Waals surface area contributed by atoms with Crippen LogP contribution >= 0.6 is 0 Å². The minimum atomic E-state index is -1.11. The van der Waals surface area contributed by atoms with E-state index in [1.807, 2.05) is 53.8 Å². The fourth-order valence-electron chi connectivity index (χ4n) is 4.72. The molecule has 0 saturated carbocycles. The number of likely N-dealkylation sites (tertiary alicyclic amines) is 1. The second kappa shape index (κ2) is 10.4. The van der Waals surface area contributed by atoms with Gasteiger partial charge in [0.2, 0.25) is 0 Å². The molecule has 9 heteroatoms. The molecule has 1 aliphatic rings. The molecule has 0 bridgehead atoms. The molecule has 1 saturated heterocycles. The van der Waals surface area contributed by atoms with Gasteiger partial charge >= 0.3 is 6.09 Å². The summed E-state index contributed by atoms with van der Waals surface area (Å²) in [7, 11) is -1.11. The maximum Gasteiger partial charge on any atom is 0.410 e. The minimum Gasteiger partial charge on any atom is -0.445 e. The topological polar surface area (TPSA) is 73.9 Å². The van der Waals surface area contributed by atoms with Gasteiger partial charge in [-0.3, -0.25) is 4.40 Å². The first-order valence-electron chi connectivity index (χ1n) is 12.7. The van der Waals surface area contributed by atoms with Crippen LogP contribution in [0.3, 0.4) is 0 Å². The molecular formula is C27H35N5O3Si. The van der Waals surface area contributed by atoms with Crippen LogP contribution in [0, 0.1) is 0 Å². The van der Waals surface area contributed by atoms with Crippen molar-refractivity contribution in [1.82, 2.24) is 23.8 Å². The number of aromatic nitrogens is 4. The van der Waals surface area contributed by atoms with Gasteiger partial charge in [-0.2, -0.15) is 0 Å². The Labute approximate surface area is 212 Å². The summed E-state index contributed by atoms with van der Waals surface area (Å²) in [5.74, 6) is 0.320. The van der Waals surface area contributed by atoms with Crippen molar-refractivity contribution in [2.24, 2.45) is 0 Å². The summed E-state index contributed by atoms with van der Waals surface area (Å²) in [6.07, 6.45) is 7.35. The lowest BCUT2D eigenvalue weighted by atomic mass is 9.94. The van der Waals surface area contributed by atoms with Crippen molar-refractivity contribution in [1.29, 1.82) is 0 Å². The molecule has 0 atom stereocenters. The van der Waals surface area contributed by atoms with Gasteiger partial charge in [0.25, 0.3) is 0 Å². The van der Waals surface area contributed by atoms with Gasteiger partial charge in [0.15, 0.2) is 11.3 Å². The Hall–Kier alpha value is -3.17. The molecule has 0 aliphatic carbocycles. The number of fused-ring (bicyclic) bond motifs is 3. The van der Waals surface area contributed by atoms with Gasteiger partial charge in [-0.05, 0) is 30.5 Å². The molecule has 5 rings (SSSR count). The van der Waals surface area contributed by atoms with Gasteiger partial charge in [-0.15, -0.1) is 0 Å². The number of nitrogens with zero attached hydrogens (tertiary/aromatic N) is 5. The zero-order valence-corrected chi connectivity index (χ0v) is 22.4. The molecule has 0 spiro atoms. The lowest BCUT2D eigenvalue weighted by Gasteiger charge is -2.31. The standard InChI is InChI=1S/C27H35N5O3Si/c1-36(2,3)16-15-34-20-31-14-11-23-26(31)29-18-25-28-17-24(32(23)25)22-9-12-30(13-10-22)27(33)35-19-21-7-5-4-6-8-21/h4-8,11,14,17-18,22H,9-10,12-13,15-16,19-20H2,1-3H3. The van der Waals surface area contributed by atoms with Crippen molar-refractivity contribution in [2.75, 3.05) is 19.7 Å². The first-order valence-corrected chi connectivity index (χ1v) is 16.4. The van der Waals surface area contributed by atoms with Crippen LogP contribution in [0.25, 0.3) is 16.8 Å². The van der Waals surface area contributed by atoms with Gasteiger partial charge in [0, 0.05) is 51.8 Å². The summed E-state index contributed by atoms with van der Waals surface area (Å²) in [5.41, 5.74) is 4.96. The van der Waals surface area contributed by atoms with Crippen molar-refractivity contribution in [3.05, 3.63) is 66.2 Å². The fourth-order valence-corrected chi connectivity index (χ4v) is 5.48. The highest BCUT2D eigenvalue weighted by molar-refractivity contribution is 6.76. The van der Waals surface area contributed by atoms with Crippen LogP contribution in [-0.2, 0) is 22.8 Å². The van der Waals surface area contributed by atoms with Crippen LogP contribution in [0.1, 0.15) is 30.0 Å². The van der Waals surface area contributed by atoms with E-state index in [1.54, 1.807) is 0 Å². The zero-order valence-electron chi connectivity index (χ0n) is 21.4. The lowest BCUT2D eigenvalue weighted by Crippen LogP contribution is -2.38. The normalized spacial score (nSPS) is 15.1. The van der Waals surface area contributed by atoms with Crippen molar-refractivity contribution in [3.63, 3.8) is 0 Å². The summed E-state index contributed by atoms with van der Waals surface area (Å²) in [5, 5.41) is 0. The van der Waals surface area contributed by atoms with Crippen molar-refractivity contribution < 1.29 is 14.3 Å². The van der Waals surface area contributed by atoms with Crippen LogP contribution < -0.4 is 0 Å². The molecule has 190 valence electrons. The molecular weight excluding hydrogens is 470 g/mol. The van der Waals surface area contributed by atoms with Crippen molar-refractivity contribution >= 4 is 31.0 Å². The third-order valence-electron chi connectivity index (χ3n) is 6.88. The molecule has 8 nitrogen and oxygen atoms in total. The fraction of sp³-hybridized carbons (Fsp3) is 0.444. The Morgan fingerprint density at radius 1 is 1.06 bits per heavy atom. The number of hydrogen-bond donors (Lipinski definition) is 0. The molecule has 4 heterocycles. The molecule has 0 unspecified atom stereocenters. The molecule has 36 heavy (non-hydrogen) atoms. The summed E-state index contributed by atoms with van der Waals surface area (Å²) in [4.78, 5) is 23.7. The first-order chi connectivity index (χ1) is 17.4. The summed E-state index contributed by atoms with van der Waals surface area (Å²) < 4.78 is 15.8. The van der Waals surface area contributed by atoms with Gasteiger partial charge in [-0.1, -0.05) is 50.0 Å². The molecule has 1 amide bonds. The van der Waals surface area contributed by atoms with E-state index < -0.39 is 8.07 Å². The molecule has 1 fully saturated rings. The van der Waals surface area contributed by atoms with Crippen LogP contribution in [0.5, 0.6) is 0 Å². The van der Waals surface area contributed by atoms with E-state index in [1.165, 1.54) is 5.69 Å². The zero-order chi connectivity index (χ0) is 25.1. The van der Waals surface area contributed by atoms with Crippen LogP contribution in [0.2, 0.25) is 25.7 Å². The van der Waals surface area contributed by atoms with E-state index in [4.69, 9.17) is 9.47 Å². The Kier molecular flexibility index (Phi) is 7.11. The molecule has 1 aliphatic heterocycles. The average molecular weight is 506 g/mol. The van der Waals surface area contributed by atoms with E-state index in [0.717, 1.165) is 47.9 Å². The van der Waals surface area contributed by atoms with Crippen LogP contribution in [0.15, 0.2) is 55.0 Å². The third-order valence-corrected chi connectivity index (χ3v) is 8.58. The highest BCUT2D eigenvalue weighted by Crippen LogP contribution is 2.31. The number of rotatable bonds is 8. The van der Waals surface area contributed by atoms with Crippen molar-refractivity contribution in [3.8, 4) is 0 Å². The van der Waals surface area contributed by atoms with E-state index in [-0.39, 0.29) is 6.09 Å². The summed E-state index contributed by atoms with van der Waals surface area (Å²) in [6.45, 7) is 10.0. The largest absolute Gasteiger partial charge is 0.445 e. The van der Waals surface area contributed by atoms with Gasteiger partial charge in [0.1, 0.15) is 13.3 Å². The van der Waals surface area contributed by atoms with E-state index in [9.17, 15) is 4.79 Å². The number of piperidine rings is 1. The van der Waals surface area contributed by atoms with Gasteiger partial charge < -0.3 is 18.9 Å². The monoisotopic (exact) mass is 505 g/mol. The molecule has 4 aromatic rings.